The lowest BCUT2D eigenvalue weighted by molar-refractivity contribution is -0.141. The topological polar surface area (TPSA) is 84.9 Å². The summed E-state index contributed by atoms with van der Waals surface area (Å²) in [6.45, 7) is 6.29. The van der Waals surface area contributed by atoms with Gasteiger partial charge in [-0.1, -0.05) is 32.4 Å². The van der Waals surface area contributed by atoms with Crippen molar-refractivity contribution in [3.8, 4) is 0 Å². The summed E-state index contributed by atoms with van der Waals surface area (Å²) in [5.41, 5.74) is 1.38. The maximum Gasteiger partial charge on any atom is 0.237 e. The summed E-state index contributed by atoms with van der Waals surface area (Å²) in [5.74, 6) is -1.77. The quantitative estimate of drug-likeness (QED) is 0.272. The highest BCUT2D eigenvalue weighted by atomic mass is 127. The van der Waals surface area contributed by atoms with Crippen LogP contribution in [0.25, 0.3) is 0 Å². The number of rotatable bonds is 14. The second-order valence-corrected chi connectivity index (χ2v) is 11.4. The molecule has 1 aliphatic heterocycles. The average molecular weight is 657 g/mol. The van der Waals surface area contributed by atoms with Crippen LogP contribution in [-0.4, -0.2) is 77.6 Å². The summed E-state index contributed by atoms with van der Waals surface area (Å²) in [6, 6.07) is 10.4. The van der Waals surface area contributed by atoms with Crippen molar-refractivity contribution in [3.63, 3.8) is 0 Å². The van der Waals surface area contributed by atoms with E-state index in [9.17, 15) is 23.5 Å². The summed E-state index contributed by atoms with van der Waals surface area (Å²) in [7, 11) is 0. The molecule has 3 rings (SSSR count). The molecule has 0 unspecified atom stereocenters. The van der Waals surface area contributed by atoms with E-state index in [1.165, 1.54) is 12.1 Å². The predicted molar refractivity (Wildman–Crippen MR) is 156 cm³/mol. The Morgan fingerprint density at radius 3 is 2.56 bits per heavy atom. The van der Waals surface area contributed by atoms with E-state index < -0.39 is 23.8 Å². The van der Waals surface area contributed by atoms with E-state index in [0.29, 0.717) is 18.7 Å². The minimum Gasteiger partial charge on any atom is -0.390 e. The molecule has 0 saturated carbocycles. The number of nitrogens with zero attached hydrogens (tertiary/aromatic N) is 2. The number of benzene rings is 2. The van der Waals surface area contributed by atoms with Gasteiger partial charge in [0, 0.05) is 41.9 Å². The largest absolute Gasteiger partial charge is 0.390 e. The molecule has 1 fully saturated rings. The van der Waals surface area contributed by atoms with Crippen LogP contribution in [0.15, 0.2) is 42.5 Å². The van der Waals surface area contributed by atoms with Crippen LogP contribution in [0.2, 0.25) is 0 Å². The molecule has 2 amide bonds. The number of hydrogen-bond donors (Lipinski definition) is 3. The summed E-state index contributed by atoms with van der Waals surface area (Å²) in [6.07, 6.45) is 1.78. The van der Waals surface area contributed by atoms with Crippen LogP contribution < -0.4 is 10.6 Å². The van der Waals surface area contributed by atoms with Crippen LogP contribution in [0.4, 0.5) is 8.78 Å². The Morgan fingerprint density at radius 2 is 1.90 bits per heavy atom. The van der Waals surface area contributed by atoms with E-state index in [2.05, 4.69) is 40.1 Å². The van der Waals surface area contributed by atoms with Gasteiger partial charge >= 0.3 is 0 Å². The molecule has 39 heavy (non-hydrogen) atoms. The fourth-order valence-corrected chi connectivity index (χ4v) is 5.54. The lowest BCUT2D eigenvalue weighted by atomic mass is 10.0. The minimum absolute atomic E-state index is 0.000467. The van der Waals surface area contributed by atoms with E-state index in [1.54, 1.807) is 0 Å². The second kappa shape index (κ2) is 15.6. The lowest BCUT2D eigenvalue weighted by Gasteiger charge is -2.40. The van der Waals surface area contributed by atoms with E-state index in [0.717, 1.165) is 41.0 Å². The van der Waals surface area contributed by atoms with Gasteiger partial charge in [0.15, 0.2) is 0 Å². The smallest absolute Gasteiger partial charge is 0.237 e. The van der Waals surface area contributed by atoms with Gasteiger partial charge in [0.1, 0.15) is 11.6 Å². The van der Waals surface area contributed by atoms with Gasteiger partial charge < -0.3 is 20.6 Å². The molecule has 214 valence electrons. The van der Waals surface area contributed by atoms with Crippen molar-refractivity contribution in [1.82, 2.24) is 20.4 Å². The Balaban J connectivity index is 1.64. The molecule has 3 N–H and O–H groups in total. The number of unbranched alkanes of at least 4 members (excludes halogenated alkanes) is 1. The van der Waals surface area contributed by atoms with E-state index >= 15 is 0 Å². The number of aliphatic hydroxyl groups is 1. The molecule has 1 heterocycles. The standard InChI is InChI=1S/C29H39F2IN4O3/c1-3-5-9-36-25(4-2)17-35(19-29(36)39)18-28(38)34-26(13-21-10-22(30)14-23(31)11-21)27(37)16-33-15-20-7-6-8-24(32)12-20/h6-8,10-12,14,25-27,33,37H,3-5,9,13,15-19H2,1-2H3,(H,34,38)/t25-,26+,27-/m1/s1. The molecule has 2 aromatic rings. The third kappa shape index (κ3) is 10.1. The van der Waals surface area contributed by atoms with Crippen LogP contribution in [0.3, 0.4) is 0 Å². The maximum atomic E-state index is 13.8. The fourth-order valence-electron chi connectivity index (χ4n) is 4.93. The van der Waals surface area contributed by atoms with Gasteiger partial charge in [-0.25, -0.2) is 8.78 Å². The summed E-state index contributed by atoms with van der Waals surface area (Å²) in [5, 5.41) is 17.1. The molecule has 0 aromatic heterocycles. The zero-order chi connectivity index (χ0) is 28.4. The van der Waals surface area contributed by atoms with Crippen molar-refractivity contribution < 1.29 is 23.5 Å². The summed E-state index contributed by atoms with van der Waals surface area (Å²) >= 11 is 2.23. The van der Waals surface area contributed by atoms with Crippen molar-refractivity contribution in [2.75, 3.05) is 32.7 Å². The lowest BCUT2D eigenvalue weighted by Crippen LogP contribution is -2.58. The van der Waals surface area contributed by atoms with Gasteiger partial charge in [-0.2, -0.15) is 0 Å². The average Bonchev–Trinajstić information content (AvgIpc) is 2.86. The van der Waals surface area contributed by atoms with Gasteiger partial charge in [0.25, 0.3) is 0 Å². The number of carbonyl (C=O) groups is 2. The first-order chi connectivity index (χ1) is 18.7. The number of hydrogen-bond acceptors (Lipinski definition) is 5. The highest BCUT2D eigenvalue weighted by molar-refractivity contribution is 14.1. The van der Waals surface area contributed by atoms with Crippen molar-refractivity contribution >= 4 is 34.4 Å². The van der Waals surface area contributed by atoms with Crippen LogP contribution in [-0.2, 0) is 22.6 Å². The second-order valence-electron chi connectivity index (χ2n) is 10.2. The fraction of sp³-hybridized carbons (Fsp3) is 0.517. The SMILES string of the molecule is CCCCN1C(=O)CN(CC(=O)N[C@@H](Cc2cc(F)cc(F)c2)[C@H](O)CNCc2cccc(I)c2)C[C@H]1CC. The number of amides is 2. The van der Waals surface area contributed by atoms with Crippen molar-refractivity contribution in [2.24, 2.45) is 0 Å². The van der Waals surface area contributed by atoms with Crippen molar-refractivity contribution in [3.05, 3.63) is 68.8 Å². The molecule has 2 aromatic carbocycles. The maximum absolute atomic E-state index is 13.8. The molecule has 10 heteroatoms. The molecular weight excluding hydrogens is 617 g/mol. The Labute approximate surface area is 243 Å². The molecule has 0 aliphatic carbocycles. The molecule has 0 radical (unpaired) electrons. The Bertz CT molecular complexity index is 1090. The molecular formula is C29H39F2IN4O3. The Morgan fingerprint density at radius 1 is 1.15 bits per heavy atom. The van der Waals surface area contributed by atoms with Gasteiger partial charge in [-0.15, -0.1) is 0 Å². The van der Waals surface area contributed by atoms with Gasteiger partial charge in [-0.05, 0) is 77.2 Å². The van der Waals surface area contributed by atoms with Crippen molar-refractivity contribution in [1.29, 1.82) is 0 Å². The van der Waals surface area contributed by atoms with Crippen molar-refractivity contribution in [2.45, 2.75) is 64.3 Å². The van der Waals surface area contributed by atoms with Crippen LogP contribution in [0, 0.1) is 15.2 Å². The first kappa shape index (κ1) is 31.4. The van der Waals surface area contributed by atoms with Gasteiger partial charge in [0.05, 0.1) is 25.2 Å². The van der Waals surface area contributed by atoms with E-state index in [1.807, 2.05) is 41.0 Å². The minimum atomic E-state index is -1.01. The molecule has 1 saturated heterocycles. The molecule has 0 spiro atoms. The molecule has 7 nitrogen and oxygen atoms in total. The summed E-state index contributed by atoms with van der Waals surface area (Å²) in [4.78, 5) is 29.6. The predicted octanol–water partition coefficient (Wildman–Crippen LogP) is 3.47. The first-order valence-electron chi connectivity index (χ1n) is 13.6. The monoisotopic (exact) mass is 656 g/mol. The Hall–Kier alpha value is -2.15. The highest BCUT2D eigenvalue weighted by Crippen LogP contribution is 2.16. The van der Waals surface area contributed by atoms with Crippen LogP contribution >= 0.6 is 22.6 Å². The highest BCUT2D eigenvalue weighted by Gasteiger charge is 2.32. The van der Waals surface area contributed by atoms with Crippen LogP contribution in [0.5, 0.6) is 0 Å². The molecule has 3 atom stereocenters. The van der Waals surface area contributed by atoms with Gasteiger partial charge in [0.2, 0.25) is 11.8 Å². The first-order valence-corrected chi connectivity index (χ1v) is 14.7. The third-order valence-electron chi connectivity index (χ3n) is 6.94. The molecule has 0 bridgehead atoms. The van der Waals surface area contributed by atoms with E-state index in [4.69, 9.17) is 0 Å². The van der Waals surface area contributed by atoms with Gasteiger partial charge in [-0.3, -0.25) is 14.5 Å². The number of piperazine rings is 1. The number of aliphatic hydroxyl groups excluding tert-OH is 1. The zero-order valence-electron chi connectivity index (χ0n) is 22.6. The number of nitrogens with one attached hydrogen (secondary N) is 2. The molecule has 1 aliphatic rings. The van der Waals surface area contributed by atoms with Crippen LogP contribution in [0.1, 0.15) is 44.2 Å². The summed E-state index contributed by atoms with van der Waals surface area (Å²) < 4.78 is 28.8. The normalized spacial score (nSPS) is 17.7. The number of carbonyl (C=O) groups excluding carboxylic acids is 2. The number of halogens is 3. The van der Waals surface area contributed by atoms with E-state index in [-0.39, 0.29) is 43.9 Å². The Kier molecular flexibility index (Phi) is 12.5. The zero-order valence-corrected chi connectivity index (χ0v) is 24.8. The third-order valence-corrected chi connectivity index (χ3v) is 7.61.